The number of halogens is 6. The number of rotatable bonds is 8. The van der Waals surface area contributed by atoms with Gasteiger partial charge in [-0.2, -0.15) is 22.0 Å². The van der Waals surface area contributed by atoms with Crippen LogP contribution in [0.5, 0.6) is 11.5 Å². The molecule has 0 spiro atoms. The van der Waals surface area contributed by atoms with Crippen molar-refractivity contribution >= 4 is 27.6 Å². The van der Waals surface area contributed by atoms with Crippen LogP contribution in [0, 0.1) is 5.82 Å². The molecule has 0 radical (unpaired) electrons. The Balaban J connectivity index is 1.61. The number of benzene rings is 3. The summed E-state index contributed by atoms with van der Waals surface area (Å²) in [5, 5.41) is 12.3. The van der Waals surface area contributed by atoms with Gasteiger partial charge in [0.2, 0.25) is 5.91 Å². The van der Waals surface area contributed by atoms with Gasteiger partial charge in [0, 0.05) is 18.9 Å². The van der Waals surface area contributed by atoms with Gasteiger partial charge in [-0.1, -0.05) is 12.1 Å². The van der Waals surface area contributed by atoms with Crippen molar-refractivity contribution in [2.45, 2.75) is 48.6 Å². The number of hydrogen-bond acceptors (Lipinski definition) is 6. The molecule has 0 aromatic heterocycles. The van der Waals surface area contributed by atoms with Crippen LogP contribution in [0.4, 0.5) is 32.0 Å². The Morgan fingerprint density at radius 1 is 1.11 bits per heavy atom. The van der Waals surface area contributed by atoms with E-state index in [9.17, 15) is 49.5 Å². The summed E-state index contributed by atoms with van der Waals surface area (Å²) in [6.07, 6.45) is -6.66. The Labute approximate surface area is 246 Å². The highest BCUT2D eigenvalue weighted by Crippen LogP contribution is 2.43. The molecule has 2 aliphatic rings. The number of carbonyl (C=O) groups excluding carboxylic acids is 1. The predicted molar refractivity (Wildman–Crippen MR) is 141 cm³/mol. The van der Waals surface area contributed by atoms with Gasteiger partial charge >= 0.3 is 18.8 Å². The average molecular weight is 645 g/mol. The van der Waals surface area contributed by atoms with Crippen molar-refractivity contribution in [3.05, 3.63) is 72.0 Å². The average Bonchev–Trinajstić information content (AvgIpc) is 3.32. The molecule has 0 bridgehead atoms. The summed E-state index contributed by atoms with van der Waals surface area (Å²) in [6.45, 7) is -3.84. The molecule has 2 heterocycles. The summed E-state index contributed by atoms with van der Waals surface area (Å²) >= 11 is 0. The molecule has 5 rings (SSSR count). The molecule has 1 saturated heterocycles. The Morgan fingerprint density at radius 3 is 2.50 bits per heavy atom. The van der Waals surface area contributed by atoms with E-state index < -0.39 is 74.9 Å². The summed E-state index contributed by atoms with van der Waals surface area (Å²) in [6, 6.07) is 9.59. The molecule has 0 aliphatic carbocycles. The van der Waals surface area contributed by atoms with Crippen molar-refractivity contribution in [1.82, 2.24) is 5.32 Å². The van der Waals surface area contributed by atoms with E-state index in [2.05, 4.69) is 10.1 Å². The van der Waals surface area contributed by atoms with E-state index in [-0.39, 0.29) is 41.8 Å². The highest BCUT2D eigenvalue weighted by molar-refractivity contribution is 7.92. The molecular formula is C28H22F6N2O7S. The van der Waals surface area contributed by atoms with E-state index >= 15 is 0 Å². The normalized spacial score (nSPS) is 20.2. The number of nitrogens with one attached hydrogen (secondary N) is 1. The third-order valence-corrected chi connectivity index (χ3v) is 8.99. The lowest BCUT2D eigenvalue weighted by atomic mass is 9.90. The first kappa shape index (κ1) is 31.0. The summed E-state index contributed by atoms with van der Waals surface area (Å²) < 4.78 is 119. The fourth-order valence-corrected chi connectivity index (χ4v) is 6.74. The number of aliphatic carboxylic acids is 1. The van der Waals surface area contributed by atoms with E-state index in [1.54, 1.807) is 0 Å². The van der Waals surface area contributed by atoms with Crippen molar-refractivity contribution < 1.29 is 58.9 Å². The van der Waals surface area contributed by atoms with Crippen LogP contribution >= 0.6 is 0 Å². The molecule has 0 saturated carbocycles. The number of carbonyl (C=O) groups is 2. The number of fused-ring (bicyclic) bond motifs is 1. The molecule has 3 aromatic rings. The number of anilines is 1. The Bertz CT molecular complexity index is 1730. The van der Waals surface area contributed by atoms with Gasteiger partial charge in [-0.3, -0.25) is 9.10 Å². The van der Waals surface area contributed by atoms with Crippen LogP contribution in [-0.2, 0) is 25.8 Å². The van der Waals surface area contributed by atoms with Crippen molar-refractivity contribution in [3.8, 4) is 22.6 Å². The van der Waals surface area contributed by atoms with E-state index in [1.165, 1.54) is 18.2 Å². The van der Waals surface area contributed by atoms with Crippen molar-refractivity contribution in [1.29, 1.82) is 0 Å². The number of carboxylic acids is 1. The lowest BCUT2D eigenvalue weighted by Gasteiger charge is -2.38. The highest BCUT2D eigenvalue weighted by Gasteiger charge is 2.48. The van der Waals surface area contributed by atoms with E-state index in [0.29, 0.717) is 18.2 Å². The summed E-state index contributed by atoms with van der Waals surface area (Å²) in [4.78, 5) is 23.3. The minimum atomic E-state index is -4.87. The number of nitrogens with zero attached hydrogens (tertiary/aromatic N) is 1. The van der Waals surface area contributed by atoms with Crippen molar-refractivity contribution in [2.75, 3.05) is 10.8 Å². The standard InChI is InChI=1S/C28H22F6N2O7S/c29-18-8-16(9-19(12-18)43-26(30)31)15-4-5-23-22(10-15)36(44(40,41)21-3-1-2-17(11-21)28(32,33)34)14-20(42-23)13-27(25(38)39)7-6-24(37)35-27/h1-5,8-12,20,26H,6-7,13-14H2,(H,35,37)(H,38,39)/t20-,27-/m0/s1. The maximum Gasteiger partial charge on any atom is 0.416 e. The van der Waals surface area contributed by atoms with Gasteiger partial charge in [-0.05, 0) is 60.0 Å². The lowest BCUT2D eigenvalue weighted by Crippen LogP contribution is -2.54. The number of ether oxygens (including phenoxy) is 2. The lowest BCUT2D eigenvalue weighted by molar-refractivity contribution is -0.146. The molecule has 2 atom stereocenters. The zero-order valence-corrected chi connectivity index (χ0v) is 23.1. The van der Waals surface area contributed by atoms with Gasteiger partial charge in [0.05, 0.1) is 22.7 Å². The minimum Gasteiger partial charge on any atom is -0.486 e. The van der Waals surface area contributed by atoms with Gasteiger partial charge in [-0.15, -0.1) is 0 Å². The second-order valence-electron chi connectivity index (χ2n) is 10.2. The van der Waals surface area contributed by atoms with Crippen molar-refractivity contribution in [2.24, 2.45) is 0 Å². The zero-order valence-electron chi connectivity index (χ0n) is 22.3. The van der Waals surface area contributed by atoms with Gasteiger partial charge in [0.1, 0.15) is 29.0 Å². The fraction of sp³-hybridized carbons (Fsp3) is 0.286. The Morgan fingerprint density at radius 2 is 1.86 bits per heavy atom. The van der Waals surface area contributed by atoms with Gasteiger partial charge in [0.15, 0.2) is 0 Å². The highest BCUT2D eigenvalue weighted by atomic mass is 32.2. The first-order valence-corrected chi connectivity index (χ1v) is 14.3. The quantitative estimate of drug-likeness (QED) is 0.324. The summed E-state index contributed by atoms with van der Waals surface area (Å²) in [7, 11) is -4.79. The van der Waals surface area contributed by atoms with Crippen LogP contribution < -0.4 is 19.1 Å². The Kier molecular flexibility index (Phi) is 7.90. The Hall–Kier alpha value is -4.47. The zero-order chi connectivity index (χ0) is 32.0. The predicted octanol–water partition coefficient (Wildman–Crippen LogP) is 5.19. The second-order valence-corrected chi connectivity index (χ2v) is 12.0. The van der Waals surface area contributed by atoms with Gasteiger partial charge < -0.3 is 19.9 Å². The van der Waals surface area contributed by atoms with Crippen LogP contribution in [0.15, 0.2) is 65.6 Å². The van der Waals surface area contributed by atoms with Crippen LogP contribution in [0.1, 0.15) is 24.8 Å². The molecule has 44 heavy (non-hydrogen) atoms. The number of hydrogen-bond donors (Lipinski definition) is 2. The third-order valence-electron chi connectivity index (χ3n) is 7.21. The smallest absolute Gasteiger partial charge is 0.416 e. The van der Waals surface area contributed by atoms with Crippen molar-refractivity contribution in [3.63, 3.8) is 0 Å². The molecular weight excluding hydrogens is 622 g/mol. The molecule has 2 aliphatic heterocycles. The number of amides is 1. The first-order chi connectivity index (χ1) is 20.6. The molecule has 9 nitrogen and oxygen atoms in total. The fourth-order valence-electron chi connectivity index (χ4n) is 5.19. The maximum atomic E-state index is 14.3. The van der Waals surface area contributed by atoms with Crippen LogP contribution in [0.25, 0.3) is 11.1 Å². The number of carboxylic acid groups (broad SMARTS) is 1. The molecule has 1 fully saturated rings. The third kappa shape index (κ3) is 6.11. The van der Waals surface area contributed by atoms with Crippen LogP contribution in [0.2, 0.25) is 0 Å². The topological polar surface area (TPSA) is 122 Å². The van der Waals surface area contributed by atoms with E-state index in [4.69, 9.17) is 4.74 Å². The summed E-state index contributed by atoms with van der Waals surface area (Å²) in [5.74, 6) is -3.50. The van der Waals surface area contributed by atoms with Crippen LogP contribution in [0.3, 0.4) is 0 Å². The largest absolute Gasteiger partial charge is 0.486 e. The molecule has 1 amide bonds. The number of alkyl halides is 5. The molecule has 0 unspecified atom stereocenters. The molecule has 2 N–H and O–H groups in total. The van der Waals surface area contributed by atoms with E-state index in [1.807, 2.05) is 0 Å². The monoisotopic (exact) mass is 644 g/mol. The van der Waals surface area contributed by atoms with Gasteiger partial charge in [-0.25, -0.2) is 17.6 Å². The molecule has 16 heteroatoms. The molecule has 234 valence electrons. The SMILES string of the molecule is O=C1CC[C@](C[C@H]2CN(S(=O)(=O)c3cccc(C(F)(F)F)c3)c3cc(-c4cc(F)cc(OC(F)F)c4)ccc3O2)(C(=O)O)N1. The number of sulfonamides is 1. The van der Waals surface area contributed by atoms with Gasteiger partial charge in [0.25, 0.3) is 10.0 Å². The van der Waals surface area contributed by atoms with E-state index in [0.717, 1.165) is 28.6 Å². The summed E-state index contributed by atoms with van der Waals surface area (Å²) in [5.41, 5.74) is -3.11. The van der Waals surface area contributed by atoms with Crippen LogP contribution in [-0.4, -0.2) is 50.2 Å². The second kappa shape index (κ2) is 11.2. The first-order valence-electron chi connectivity index (χ1n) is 12.9. The molecule has 3 aromatic carbocycles. The maximum absolute atomic E-state index is 14.3. The minimum absolute atomic E-state index is 0.000452.